The molecule has 1 N–H and O–H groups in total. The van der Waals surface area contributed by atoms with Gasteiger partial charge in [0.05, 0.1) is 36.5 Å². The van der Waals surface area contributed by atoms with Crippen LogP contribution in [0, 0.1) is 13.8 Å². The summed E-state index contributed by atoms with van der Waals surface area (Å²) in [5.74, 6) is -0.921. The minimum Gasteiger partial charge on any atom is -0.468 e. The Labute approximate surface area is 127 Å². The van der Waals surface area contributed by atoms with Crippen molar-refractivity contribution in [2.75, 3.05) is 20.0 Å². The molecule has 0 radical (unpaired) electrons. The first-order valence-corrected chi connectivity index (χ1v) is 7.38. The highest BCUT2D eigenvalue weighted by molar-refractivity contribution is 8.01. The second kappa shape index (κ2) is 7.31. The van der Waals surface area contributed by atoms with E-state index in [-0.39, 0.29) is 17.5 Å². The minimum atomic E-state index is -0.477. The first kappa shape index (κ1) is 17.3. The molecule has 7 heteroatoms. The molecule has 0 fully saturated rings. The lowest BCUT2D eigenvalue weighted by atomic mass is 10.1. The number of carbonyl (C=O) groups is 3. The number of esters is 2. The molecule has 1 unspecified atom stereocenters. The molecule has 1 atom stereocenters. The first-order valence-electron chi connectivity index (χ1n) is 6.33. The molecule has 1 aromatic rings. The van der Waals surface area contributed by atoms with Gasteiger partial charge in [0, 0.05) is 5.69 Å². The fourth-order valence-electron chi connectivity index (χ4n) is 1.94. The van der Waals surface area contributed by atoms with E-state index in [2.05, 4.69) is 9.72 Å². The summed E-state index contributed by atoms with van der Waals surface area (Å²) >= 11 is 1.19. The van der Waals surface area contributed by atoms with Gasteiger partial charge in [0.25, 0.3) is 0 Å². The zero-order valence-corrected chi connectivity index (χ0v) is 13.6. The number of aromatic nitrogens is 1. The Hall–Kier alpha value is -1.76. The van der Waals surface area contributed by atoms with Gasteiger partial charge in [-0.3, -0.25) is 9.59 Å². The van der Waals surface area contributed by atoms with Gasteiger partial charge < -0.3 is 14.5 Å². The third-order valence-electron chi connectivity index (χ3n) is 3.12. The number of H-pyrrole nitrogens is 1. The van der Waals surface area contributed by atoms with Crippen LogP contribution in [-0.4, -0.2) is 47.9 Å². The molecule has 0 saturated heterocycles. The molecule has 0 aliphatic heterocycles. The van der Waals surface area contributed by atoms with Crippen LogP contribution in [0.1, 0.15) is 39.0 Å². The molecule has 1 aromatic heterocycles. The predicted molar refractivity (Wildman–Crippen MR) is 79.9 cm³/mol. The smallest absolute Gasteiger partial charge is 0.339 e. The Morgan fingerprint density at radius 3 is 2.33 bits per heavy atom. The van der Waals surface area contributed by atoms with E-state index in [0.717, 1.165) is 0 Å². The van der Waals surface area contributed by atoms with Crippen molar-refractivity contribution in [1.82, 2.24) is 4.98 Å². The lowest BCUT2D eigenvalue weighted by molar-refractivity contribution is -0.137. The van der Waals surface area contributed by atoms with Crippen LogP contribution in [0.4, 0.5) is 0 Å². The van der Waals surface area contributed by atoms with Gasteiger partial charge in [-0.15, -0.1) is 11.8 Å². The monoisotopic (exact) mass is 313 g/mol. The van der Waals surface area contributed by atoms with Crippen molar-refractivity contribution in [2.45, 2.75) is 26.0 Å². The van der Waals surface area contributed by atoms with E-state index < -0.39 is 11.2 Å². The SMILES string of the molecule is COC(=O)CSC(C)C(=O)c1[nH]c(C)c(C(=O)OC)c1C. The number of ketones is 1. The molecule has 0 bridgehead atoms. The molecule has 0 saturated carbocycles. The Kier molecular flexibility index (Phi) is 6.02. The van der Waals surface area contributed by atoms with Crippen LogP contribution >= 0.6 is 11.8 Å². The maximum absolute atomic E-state index is 12.4. The van der Waals surface area contributed by atoms with Crippen LogP contribution in [0.15, 0.2) is 0 Å². The fourth-order valence-corrected chi connectivity index (χ4v) is 2.71. The lowest BCUT2D eigenvalue weighted by Gasteiger charge is -2.09. The molecule has 0 aromatic carbocycles. The van der Waals surface area contributed by atoms with Crippen LogP contribution in [0.2, 0.25) is 0 Å². The molecule has 0 spiro atoms. The molecule has 21 heavy (non-hydrogen) atoms. The maximum Gasteiger partial charge on any atom is 0.339 e. The van der Waals surface area contributed by atoms with E-state index >= 15 is 0 Å². The zero-order chi connectivity index (χ0) is 16.2. The Bertz CT molecular complexity index is 564. The van der Waals surface area contributed by atoms with E-state index in [1.165, 1.54) is 26.0 Å². The maximum atomic E-state index is 12.4. The first-order chi connectivity index (χ1) is 9.83. The van der Waals surface area contributed by atoms with Crippen LogP contribution in [0.5, 0.6) is 0 Å². The van der Waals surface area contributed by atoms with Crippen LogP contribution < -0.4 is 0 Å². The highest BCUT2D eigenvalue weighted by Crippen LogP contribution is 2.23. The number of thioether (sulfide) groups is 1. The highest BCUT2D eigenvalue weighted by Gasteiger charge is 2.25. The van der Waals surface area contributed by atoms with E-state index in [9.17, 15) is 14.4 Å². The summed E-state index contributed by atoms with van der Waals surface area (Å²) in [5, 5.41) is -0.425. The standard InChI is InChI=1S/C14H19NO5S/c1-7-11(14(18)20-5)8(2)15-12(7)13(17)9(3)21-6-10(16)19-4/h9,15H,6H2,1-5H3. The van der Waals surface area contributed by atoms with Crippen LogP contribution in [-0.2, 0) is 14.3 Å². The normalized spacial score (nSPS) is 11.9. The van der Waals surface area contributed by atoms with Crippen molar-refractivity contribution in [1.29, 1.82) is 0 Å². The average molecular weight is 313 g/mol. The van der Waals surface area contributed by atoms with Crippen LogP contribution in [0.25, 0.3) is 0 Å². The van der Waals surface area contributed by atoms with Crippen molar-refractivity contribution in [3.63, 3.8) is 0 Å². The second-order valence-electron chi connectivity index (χ2n) is 4.51. The quantitative estimate of drug-likeness (QED) is 0.637. The molecule has 1 rings (SSSR count). The molecule has 0 amide bonds. The van der Waals surface area contributed by atoms with Crippen molar-refractivity contribution in [3.05, 3.63) is 22.5 Å². The highest BCUT2D eigenvalue weighted by atomic mass is 32.2. The Balaban J connectivity index is 2.93. The van der Waals surface area contributed by atoms with E-state index in [1.807, 2.05) is 0 Å². The molecule has 0 aliphatic carbocycles. The van der Waals surface area contributed by atoms with Gasteiger partial charge in [0.1, 0.15) is 0 Å². The fraction of sp³-hybridized carbons (Fsp3) is 0.500. The number of aromatic amines is 1. The summed E-state index contributed by atoms with van der Waals surface area (Å²) in [4.78, 5) is 38.1. The van der Waals surface area contributed by atoms with Gasteiger partial charge in [-0.2, -0.15) is 0 Å². The molecule has 6 nitrogen and oxygen atoms in total. The number of aryl methyl sites for hydroxylation is 1. The summed E-state index contributed by atoms with van der Waals surface area (Å²) in [6.07, 6.45) is 0. The zero-order valence-electron chi connectivity index (χ0n) is 12.7. The van der Waals surface area contributed by atoms with Crippen molar-refractivity contribution >= 4 is 29.5 Å². The number of carbonyl (C=O) groups excluding carboxylic acids is 3. The van der Waals surface area contributed by atoms with Gasteiger partial charge in [0.2, 0.25) is 0 Å². The minimum absolute atomic E-state index is 0.103. The van der Waals surface area contributed by atoms with Gasteiger partial charge in [0.15, 0.2) is 5.78 Å². The third-order valence-corrected chi connectivity index (χ3v) is 4.24. The van der Waals surface area contributed by atoms with Gasteiger partial charge in [-0.25, -0.2) is 4.79 Å². The third kappa shape index (κ3) is 3.87. The topological polar surface area (TPSA) is 85.5 Å². The Morgan fingerprint density at radius 2 is 1.81 bits per heavy atom. The molecule has 1 heterocycles. The van der Waals surface area contributed by atoms with Gasteiger partial charge >= 0.3 is 11.9 Å². The van der Waals surface area contributed by atoms with Crippen molar-refractivity contribution in [2.24, 2.45) is 0 Å². The molecule has 116 valence electrons. The van der Waals surface area contributed by atoms with Crippen LogP contribution in [0.3, 0.4) is 0 Å². The molecule has 0 aliphatic rings. The van der Waals surface area contributed by atoms with Crippen molar-refractivity contribution < 1.29 is 23.9 Å². The Morgan fingerprint density at radius 1 is 1.19 bits per heavy atom. The summed E-state index contributed by atoms with van der Waals surface area (Å²) in [7, 11) is 2.60. The van der Waals surface area contributed by atoms with E-state index in [4.69, 9.17) is 4.74 Å². The largest absolute Gasteiger partial charge is 0.468 e. The van der Waals surface area contributed by atoms with Gasteiger partial charge in [-0.05, 0) is 26.3 Å². The molecular formula is C14H19NO5S. The number of hydrogen-bond acceptors (Lipinski definition) is 6. The summed E-state index contributed by atoms with van der Waals surface area (Å²) in [6.45, 7) is 5.12. The number of nitrogens with one attached hydrogen (secondary N) is 1. The number of rotatable bonds is 6. The number of Topliss-reactive ketones (excluding diaryl/α,β-unsaturated/α-hetero) is 1. The second-order valence-corrected chi connectivity index (χ2v) is 5.84. The van der Waals surface area contributed by atoms with E-state index in [1.54, 1.807) is 20.8 Å². The average Bonchev–Trinajstić information content (AvgIpc) is 2.77. The van der Waals surface area contributed by atoms with Crippen molar-refractivity contribution in [3.8, 4) is 0 Å². The lowest BCUT2D eigenvalue weighted by Crippen LogP contribution is -2.18. The number of hydrogen-bond donors (Lipinski definition) is 1. The summed E-state index contributed by atoms with van der Waals surface area (Å²) in [6, 6.07) is 0. The van der Waals surface area contributed by atoms with E-state index in [0.29, 0.717) is 22.5 Å². The van der Waals surface area contributed by atoms with Gasteiger partial charge in [-0.1, -0.05) is 0 Å². The molecular weight excluding hydrogens is 294 g/mol. The number of methoxy groups -OCH3 is 2. The summed E-state index contributed by atoms with van der Waals surface area (Å²) in [5.41, 5.74) is 1.91. The number of ether oxygens (including phenoxy) is 2. The summed E-state index contributed by atoms with van der Waals surface area (Å²) < 4.78 is 9.25. The predicted octanol–water partition coefficient (Wildman–Crippen LogP) is 1.90.